The summed E-state index contributed by atoms with van der Waals surface area (Å²) in [4.78, 5) is 26.5. The van der Waals surface area contributed by atoms with Crippen LogP contribution in [0.4, 0.5) is 11.4 Å². The quantitative estimate of drug-likeness (QED) is 0.237. The summed E-state index contributed by atoms with van der Waals surface area (Å²) in [6.07, 6.45) is 4.70. The lowest BCUT2D eigenvalue weighted by Gasteiger charge is -2.16. The zero-order valence-electron chi connectivity index (χ0n) is 19.8. The Kier molecular flexibility index (Phi) is 6.24. The lowest BCUT2D eigenvalue weighted by atomic mass is 9.88. The molecule has 0 fully saturated rings. The first-order chi connectivity index (χ1) is 17.2. The number of carbonyl (C=O) groups is 1. The number of ketones is 1. The molecule has 1 N–H and O–H groups in total. The van der Waals surface area contributed by atoms with E-state index in [2.05, 4.69) is 15.3 Å². The van der Waals surface area contributed by atoms with E-state index in [9.17, 15) is 4.79 Å². The van der Waals surface area contributed by atoms with Gasteiger partial charge in [0.2, 0.25) is 11.5 Å². The molecular weight excluding hydrogens is 495 g/mol. The van der Waals surface area contributed by atoms with E-state index in [4.69, 9.17) is 32.6 Å². The fourth-order valence-corrected chi connectivity index (χ4v) is 4.22. The van der Waals surface area contributed by atoms with E-state index in [0.29, 0.717) is 38.2 Å². The molecule has 0 bridgehead atoms. The Hall–Kier alpha value is -3.74. The number of fused-ring (bicyclic) bond motifs is 1. The number of carbonyl (C=O) groups excluding carboxylic acids is 1. The molecule has 180 valence electrons. The second-order valence-corrected chi connectivity index (χ2v) is 10.2. The third-order valence-electron chi connectivity index (χ3n) is 5.68. The Morgan fingerprint density at radius 2 is 1.64 bits per heavy atom. The summed E-state index contributed by atoms with van der Waals surface area (Å²) < 4.78 is 6.14. The van der Waals surface area contributed by atoms with Gasteiger partial charge in [0.15, 0.2) is 5.76 Å². The second-order valence-electron chi connectivity index (χ2n) is 9.36. The van der Waals surface area contributed by atoms with Crippen molar-refractivity contribution in [1.82, 2.24) is 15.0 Å². The Bertz CT molecular complexity index is 1570. The predicted molar refractivity (Wildman–Crippen MR) is 144 cm³/mol. The van der Waals surface area contributed by atoms with Crippen LogP contribution < -0.4 is 5.32 Å². The average Bonchev–Trinajstić information content (AvgIpc) is 3.20. The highest BCUT2D eigenvalue weighted by molar-refractivity contribution is 6.33. The minimum absolute atomic E-state index is 0.160. The maximum Gasteiger partial charge on any atom is 0.229 e. The molecule has 0 atom stereocenters. The number of furan rings is 1. The molecule has 3 aromatic heterocycles. The number of hydrogen-bond donors (Lipinski definition) is 1. The third kappa shape index (κ3) is 4.57. The summed E-state index contributed by atoms with van der Waals surface area (Å²) in [5.74, 6) is 0.0272. The number of anilines is 2. The molecule has 0 saturated carbocycles. The van der Waals surface area contributed by atoms with Gasteiger partial charge in [-0.25, -0.2) is 15.0 Å². The van der Waals surface area contributed by atoms with Gasteiger partial charge < -0.3 is 9.73 Å². The van der Waals surface area contributed by atoms with Crippen LogP contribution in [0.1, 0.15) is 31.3 Å². The predicted octanol–water partition coefficient (Wildman–Crippen LogP) is 8.23. The van der Waals surface area contributed by atoms with Crippen molar-refractivity contribution in [3.8, 4) is 22.4 Å². The van der Waals surface area contributed by atoms with Crippen LogP contribution in [-0.4, -0.2) is 20.7 Å². The van der Waals surface area contributed by atoms with Gasteiger partial charge in [-0.3, -0.25) is 4.79 Å². The lowest BCUT2D eigenvalue weighted by Crippen LogP contribution is -2.20. The second kappa shape index (κ2) is 9.37. The number of halogens is 2. The number of benzene rings is 2. The van der Waals surface area contributed by atoms with Crippen molar-refractivity contribution in [3.63, 3.8) is 0 Å². The smallest absolute Gasteiger partial charge is 0.229 e. The van der Waals surface area contributed by atoms with Gasteiger partial charge in [0.1, 0.15) is 6.33 Å². The molecule has 0 aliphatic heterocycles. The largest absolute Gasteiger partial charge is 0.432 e. The summed E-state index contributed by atoms with van der Waals surface area (Å²) in [6, 6.07) is 16.9. The van der Waals surface area contributed by atoms with Crippen molar-refractivity contribution in [3.05, 3.63) is 89.1 Å². The van der Waals surface area contributed by atoms with Crippen molar-refractivity contribution in [2.75, 3.05) is 5.32 Å². The highest BCUT2D eigenvalue weighted by atomic mass is 35.5. The summed E-state index contributed by atoms with van der Waals surface area (Å²) >= 11 is 12.7. The van der Waals surface area contributed by atoms with Crippen molar-refractivity contribution >= 4 is 51.5 Å². The number of hydrogen-bond acceptors (Lipinski definition) is 6. The molecule has 0 amide bonds. The average molecular weight is 517 g/mol. The zero-order chi connectivity index (χ0) is 25.4. The molecule has 5 rings (SSSR count). The maximum atomic E-state index is 13.4. The van der Waals surface area contributed by atoms with Gasteiger partial charge in [-0.2, -0.15) is 0 Å². The first-order valence-corrected chi connectivity index (χ1v) is 12.0. The van der Waals surface area contributed by atoms with E-state index < -0.39 is 5.41 Å². The SMILES string of the molecule is CC(C)(C)C(=O)c1oc2nc(-c3ccccc3Cl)c(-c3ccc(Cl)cc3)cc2c1Nc1cncnc1. The van der Waals surface area contributed by atoms with Crippen molar-refractivity contribution < 1.29 is 9.21 Å². The minimum Gasteiger partial charge on any atom is -0.432 e. The van der Waals surface area contributed by atoms with E-state index in [1.54, 1.807) is 12.4 Å². The Morgan fingerprint density at radius 1 is 0.944 bits per heavy atom. The molecule has 2 aromatic carbocycles. The molecular formula is C28H22Cl2N4O2. The van der Waals surface area contributed by atoms with E-state index in [1.165, 1.54) is 6.33 Å². The summed E-state index contributed by atoms with van der Waals surface area (Å²) in [5.41, 5.74) is 3.85. The standard InChI is InChI=1S/C28H22Cl2N4O2/c1-28(2,3)26(35)25-24(33-18-13-31-15-32-14-18)21-12-20(16-8-10-17(29)11-9-16)23(34-27(21)36-25)19-6-4-5-7-22(19)30/h4-15,33H,1-3H3. The highest BCUT2D eigenvalue weighted by Crippen LogP contribution is 2.42. The van der Waals surface area contributed by atoms with Crippen LogP contribution in [0.15, 0.2) is 77.7 Å². The molecule has 0 spiro atoms. The van der Waals surface area contributed by atoms with E-state index in [0.717, 1.165) is 16.7 Å². The highest BCUT2D eigenvalue weighted by Gasteiger charge is 2.31. The molecule has 3 heterocycles. The van der Waals surface area contributed by atoms with Crippen LogP contribution in [-0.2, 0) is 0 Å². The molecule has 8 heteroatoms. The molecule has 5 aromatic rings. The van der Waals surface area contributed by atoms with Gasteiger partial charge in [0.05, 0.1) is 34.8 Å². The van der Waals surface area contributed by atoms with E-state index in [-0.39, 0.29) is 11.5 Å². The minimum atomic E-state index is -0.679. The van der Waals surface area contributed by atoms with Crippen LogP contribution in [0, 0.1) is 5.41 Å². The summed E-state index contributed by atoms with van der Waals surface area (Å²) in [5, 5.41) is 5.10. The van der Waals surface area contributed by atoms with Gasteiger partial charge in [-0.05, 0) is 29.8 Å². The number of aromatic nitrogens is 3. The van der Waals surface area contributed by atoms with Gasteiger partial charge in [0, 0.05) is 26.6 Å². The topological polar surface area (TPSA) is 80.9 Å². The van der Waals surface area contributed by atoms with Crippen molar-refractivity contribution in [1.29, 1.82) is 0 Å². The molecule has 6 nitrogen and oxygen atoms in total. The first-order valence-electron chi connectivity index (χ1n) is 11.3. The molecule has 0 aliphatic carbocycles. The van der Waals surface area contributed by atoms with Crippen molar-refractivity contribution in [2.24, 2.45) is 5.41 Å². The molecule has 0 saturated heterocycles. The Balaban J connectivity index is 1.82. The van der Waals surface area contributed by atoms with Gasteiger partial charge in [0.25, 0.3) is 0 Å². The van der Waals surface area contributed by atoms with Gasteiger partial charge in [-0.15, -0.1) is 0 Å². The van der Waals surface area contributed by atoms with Gasteiger partial charge >= 0.3 is 0 Å². The monoisotopic (exact) mass is 516 g/mol. The van der Waals surface area contributed by atoms with Gasteiger partial charge in [-0.1, -0.05) is 74.3 Å². The number of rotatable bonds is 5. The first kappa shape index (κ1) is 24.0. The molecule has 36 heavy (non-hydrogen) atoms. The molecule has 0 unspecified atom stereocenters. The fraction of sp³-hybridized carbons (Fsp3) is 0.143. The van der Waals surface area contributed by atoms with Crippen LogP contribution >= 0.6 is 23.2 Å². The number of nitrogens with zero attached hydrogens (tertiary/aromatic N) is 3. The van der Waals surface area contributed by atoms with E-state index >= 15 is 0 Å². The fourth-order valence-electron chi connectivity index (χ4n) is 3.86. The molecule has 0 radical (unpaired) electrons. The maximum absolute atomic E-state index is 13.4. The Labute approximate surface area is 218 Å². The number of Topliss-reactive ketones (excluding diaryl/α,β-unsaturated/α-hetero) is 1. The van der Waals surface area contributed by atoms with Crippen LogP contribution in [0.25, 0.3) is 33.5 Å². The zero-order valence-corrected chi connectivity index (χ0v) is 21.4. The summed E-state index contributed by atoms with van der Waals surface area (Å²) in [7, 11) is 0. The van der Waals surface area contributed by atoms with E-state index in [1.807, 2.05) is 75.4 Å². The third-order valence-corrected chi connectivity index (χ3v) is 6.27. The number of pyridine rings is 1. The lowest BCUT2D eigenvalue weighted by molar-refractivity contribution is 0.0831. The van der Waals surface area contributed by atoms with Crippen LogP contribution in [0.3, 0.4) is 0 Å². The Morgan fingerprint density at radius 3 is 2.31 bits per heavy atom. The van der Waals surface area contributed by atoms with Crippen molar-refractivity contribution in [2.45, 2.75) is 20.8 Å². The van der Waals surface area contributed by atoms with Crippen LogP contribution in [0.2, 0.25) is 10.0 Å². The van der Waals surface area contributed by atoms with Crippen LogP contribution in [0.5, 0.6) is 0 Å². The summed E-state index contributed by atoms with van der Waals surface area (Å²) in [6.45, 7) is 5.54. The number of nitrogens with one attached hydrogen (secondary N) is 1. The normalized spacial score (nSPS) is 11.6. The molecule has 0 aliphatic rings.